The second-order valence-corrected chi connectivity index (χ2v) is 6.04. The Morgan fingerprint density at radius 1 is 1.11 bits per heavy atom. The lowest BCUT2D eigenvalue weighted by molar-refractivity contribution is -0.383. The Morgan fingerprint density at radius 2 is 1.85 bits per heavy atom. The van der Waals surface area contributed by atoms with Gasteiger partial charge in [0.15, 0.2) is 0 Å². The fraction of sp³-hybridized carbons (Fsp3) is 0. The van der Waals surface area contributed by atoms with E-state index in [9.17, 15) is 14.9 Å². The summed E-state index contributed by atoms with van der Waals surface area (Å²) in [6.07, 6.45) is 4.07. The van der Waals surface area contributed by atoms with Crippen LogP contribution in [-0.2, 0) is 0 Å². The van der Waals surface area contributed by atoms with Gasteiger partial charge < -0.3 is 5.32 Å². The summed E-state index contributed by atoms with van der Waals surface area (Å²) < 4.78 is 0.798. The monoisotopic (exact) mass is 429 g/mol. The number of halogens is 1. The number of hydrazine groups is 1. The van der Waals surface area contributed by atoms with Crippen LogP contribution in [0.25, 0.3) is 0 Å². The van der Waals surface area contributed by atoms with Crippen LogP contribution in [0.4, 0.5) is 23.0 Å². The summed E-state index contributed by atoms with van der Waals surface area (Å²) in [7, 11) is 0. The fourth-order valence-electron chi connectivity index (χ4n) is 2.13. The van der Waals surface area contributed by atoms with E-state index in [-0.39, 0.29) is 11.6 Å². The number of nitro groups is 1. The molecule has 0 bridgehead atoms. The standard InChI is InChI=1S/C16H12BrN7O3/c17-11-2-1-3-12(8-11)21-14-13(24(26)27)15(20-9-19-14)22-23-16(25)10-4-6-18-7-5-10/h1-9H,(H,23,25)(H2,19,20,21,22). The topological polar surface area (TPSA) is 135 Å². The zero-order valence-corrected chi connectivity index (χ0v) is 15.2. The summed E-state index contributed by atoms with van der Waals surface area (Å²) in [6.45, 7) is 0. The number of aromatic nitrogens is 3. The molecule has 3 aromatic rings. The van der Waals surface area contributed by atoms with Crippen molar-refractivity contribution in [2.24, 2.45) is 0 Å². The molecule has 11 heteroatoms. The lowest BCUT2D eigenvalue weighted by Crippen LogP contribution is -2.30. The molecule has 0 aliphatic heterocycles. The fourth-order valence-corrected chi connectivity index (χ4v) is 2.53. The maximum Gasteiger partial charge on any atom is 0.355 e. The van der Waals surface area contributed by atoms with E-state index in [4.69, 9.17) is 0 Å². The SMILES string of the molecule is O=C(NNc1ncnc(Nc2cccc(Br)c2)c1[N+](=O)[O-])c1ccncc1. The predicted octanol–water partition coefficient (Wildman–Crippen LogP) is 3.04. The average molecular weight is 430 g/mol. The molecule has 1 amide bonds. The molecule has 0 spiro atoms. The van der Waals surface area contributed by atoms with Gasteiger partial charge in [0.1, 0.15) is 6.33 Å². The van der Waals surface area contributed by atoms with Gasteiger partial charge in [-0.05, 0) is 30.3 Å². The molecule has 3 N–H and O–H groups in total. The van der Waals surface area contributed by atoms with Crippen molar-refractivity contribution in [3.05, 3.63) is 75.3 Å². The number of benzene rings is 1. The number of amides is 1. The Labute approximate surface area is 161 Å². The molecule has 2 aromatic heterocycles. The van der Waals surface area contributed by atoms with Gasteiger partial charge in [0.2, 0.25) is 11.6 Å². The van der Waals surface area contributed by atoms with Crippen LogP contribution in [0.15, 0.2) is 59.6 Å². The average Bonchev–Trinajstić information content (AvgIpc) is 2.66. The molecule has 27 heavy (non-hydrogen) atoms. The molecule has 0 aliphatic rings. The Morgan fingerprint density at radius 3 is 2.56 bits per heavy atom. The molecule has 0 radical (unpaired) electrons. The van der Waals surface area contributed by atoms with Gasteiger partial charge in [-0.1, -0.05) is 22.0 Å². The molecule has 136 valence electrons. The minimum absolute atomic E-state index is 0.0197. The molecule has 0 unspecified atom stereocenters. The Balaban J connectivity index is 1.83. The van der Waals surface area contributed by atoms with Crippen molar-refractivity contribution in [1.82, 2.24) is 20.4 Å². The lowest BCUT2D eigenvalue weighted by atomic mass is 10.3. The molecule has 10 nitrogen and oxygen atoms in total. The summed E-state index contributed by atoms with van der Waals surface area (Å²) in [5.74, 6) is -0.671. The van der Waals surface area contributed by atoms with Crippen molar-refractivity contribution in [1.29, 1.82) is 0 Å². The smallest absolute Gasteiger partial charge is 0.334 e. The van der Waals surface area contributed by atoms with E-state index in [0.29, 0.717) is 11.3 Å². The van der Waals surface area contributed by atoms with Crippen LogP contribution >= 0.6 is 15.9 Å². The van der Waals surface area contributed by atoms with E-state index in [1.807, 2.05) is 6.07 Å². The van der Waals surface area contributed by atoms with Crippen LogP contribution in [-0.4, -0.2) is 25.8 Å². The van der Waals surface area contributed by atoms with Crippen LogP contribution in [0.1, 0.15) is 10.4 Å². The minimum atomic E-state index is -0.638. The first-order valence-electron chi connectivity index (χ1n) is 7.53. The second-order valence-electron chi connectivity index (χ2n) is 5.13. The number of pyridine rings is 1. The maximum absolute atomic E-state index is 12.1. The highest BCUT2D eigenvalue weighted by Crippen LogP contribution is 2.31. The number of hydrogen-bond donors (Lipinski definition) is 3. The molecule has 0 saturated heterocycles. The summed E-state index contributed by atoms with van der Waals surface area (Å²) in [4.78, 5) is 34.6. The van der Waals surface area contributed by atoms with Gasteiger partial charge in [0, 0.05) is 28.1 Å². The van der Waals surface area contributed by atoms with E-state index in [2.05, 4.69) is 47.1 Å². The first kappa shape index (κ1) is 18.2. The van der Waals surface area contributed by atoms with E-state index >= 15 is 0 Å². The normalized spacial score (nSPS) is 10.1. The molecule has 0 fully saturated rings. The number of nitrogens with zero attached hydrogens (tertiary/aromatic N) is 4. The lowest BCUT2D eigenvalue weighted by Gasteiger charge is -2.11. The zero-order chi connectivity index (χ0) is 19.2. The van der Waals surface area contributed by atoms with Gasteiger partial charge in [0.25, 0.3) is 5.91 Å². The quantitative estimate of drug-likeness (QED) is 0.401. The first-order valence-corrected chi connectivity index (χ1v) is 8.32. The van der Waals surface area contributed by atoms with Crippen LogP contribution < -0.4 is 16.2 Å². The van der Waals surface area contributed by atoms with Gasteiger partial charge >= 0.3 is 5.69 Å². The molecule has 2 heterocycles. The third-order valence-electron chi connectivity index (χ3n) is 3.33. The highest BCUT2D eigenvalue weighted by Gasteiger charge is 2.23. The molecular weight excluding hydrogens is 418 g/mol. The number of carbonyl (C=O) groups is 1. The van der Waals surface area contributed by atoms with Gasteiger partial charge in [-0.15, -0.1) is 0 Å². The van der Waals surface area contributed by atoms with Crippen molar-refractivity contribution in [2.75, 3.05) is 10.7 Å². The van der Waals surface area contributed by atoms with Crippen LogP contribution in [0.5, 0.6) is 0 Å². The Kier molecular flexibility index (Phi) is 5.52. The number of nitrogens with one attached hydrogen (secondary N) is 3. The van der Waals surface area contributed by atoms with Crippen molar-refractivity contribution >= 4 is 44.8 Å². The van der Waals surface area contributed by atoms with Crippen LogP contribution in [0.2, 0.25) is 0 Å². The number of hydrogen-bond acceptors (Lipinski definition) is 8. The van der Waals surface area contributed by atoms with Crippen molar-refractivity contribution in [3.8, 4) is 0 Å². The highest BCUT2D eigenvalue weighted by atomic mass is 79.9. The maximum atomic E-state index is 12.1. The molecular formula is C16H12BrN7O3. The third-order valence-corrected chi connectivity index (χ3v) is 3.82. The van der Waals surface area contributed by atoms with E-state index in [1.54, 1.807) is 18.2 Å². The van der Waals surface area contributed by atoms with Crippen molar-refractivity contribution in [3.63, 3.8) is 0 Å². The summed E-state index contributed by atoms with van der Waals surface area (Å²) in [5, 5.41) is 14.4. The Hall–Kier alpha value is -3.60. The summed E-state index contributed by atoms with van der Waals surface area (Å²) in [5.41, 5.74) is 5.35. The summed E-state index contributed by atoms with van der Waals surface area (Å²) in [6, 6.07) is 10.1. The molecule has 1 aromatic carbocycles. The molecule has 0 aliphatic carbocycles. The van der Waals surface area contributed by atoms with Gasteiger partial charge in [-0.3, -0.25) is 30.7 Å². The Bertz CT molecular complexity index is 985. The predicted molar refractivity (Wildman–Crippen MR) is 101 cm³/mol. The zero-order valence-electron chi connectivity index (χ0n) is 13.6. The van der Waals surface area contributed by atoms with Gasteiger partial charge in [-0.25, -0.2) is 9.97 Å². The van der Waals surface area contributed by atoms with E-state index in [1.165, 1.54) is 24.5 Å². The second kappa shape index (κ2) is 8.19. The first-order chi connectivity index (χ1) is 13.0. The number of anilines is 3. The molecule has 3 rings (SSSR count). The number of rotatable bonds is 6. The molecule has 0 saturated carbocycles. The van der Waals surface area contributed by atoms with Gasteiger partial charge in [-0.2, -0.15) is 0 Å². The van der Waals surface area contributed by atoms with Crippen molar-refractivity contribution < 1.29 is 9.72 Å². The summed E-state index contributed by atoms with van der Waals surface area (Å²) >= 11 is 3.33. The molecule has 0 atom stereocenters. The number of carbonyl (C=O) groups excluding carboxylic acids is 1. The van der Waals surface area contributed by atoms with E-state index < -0.39 is 16.5 Å². The van der Waals surface area contributed by atoms with E-state index in [0.717, 1.165) is 10.8 Å². The van der Waals surface area contributed by atoms with Crippen LogP contribution in [0.3, 0.4) is 0 Å². The largest absolute Gasteiger partial charge is 0.355 e. The minimum Gasteiger partial charge on any atom is -0.334 e. The van der Waals surface area contributed by atoms with Gasteiger partial charge in [0.05, 0.1) is 4.92 Å². The highest BCUT2D eigenvalue weighted by molar-refractivity contribution is 9.10. The van der Waals surface area contributed by atoms with Crippen molar-refractivity contribution in [2.45, 2.75) is 0 Å². The third kappa shape index (κ3) is 4.52. The van der Waals surface area contributed by atoms with Crippen LogP contribution in [0, 0.1) is 10.1 Å².